The number of rotatable bonds is 7. The Bertz CT molecular complexity index is 857. The van der Waals surface area contributed by atoms with Crippen LogP contribution < -0.4 is 10.9 Å². The van der Waals surface area contributed by atoms with Gasteiger partial charge < -0.3 is 4.90 Å². The van der Waals surface area contributed by atoms with Crippen LogP contribution in [0.4, 0.5) is 8.78 Å². The van der Waals surface area contributed by atoms with Gasteiger partial charge in [-0.05, 0) is 60.9 Å². The van der Waals surface area contributed by atoms with Crippen LogP contribution in [0, 0.1) is 17.6 Å². The van der Waals surface area contributed by atoms with E-state index in [1.807, 2.05) is 25.2 Å². The van der Waals surface area contributed by atoms with Crippen molar-refractivity contribution in [2.75, 3.05) is 13.6 Å². The third-order valence-electron chi connectivity index (χ3n) is 6.09. The minimum atomic E-state index is -0.225. The number of nitrogens with one attached hydrogen (secondary N) is 2. The summed E-state index contributed by atoms with van der Waals surface area (Å²) in [5, 5.41) is 0. The predicted octanol–water partition coefficient (Wildman–Crippen LogP) is 3.91. The molecule has 0 aromatic heterocycles. The van der Waals surface area contributed by atoms with E-state index in [2.05, 4.69) is 10.9 Å². The van der Waals surface area contributed by atoms with Gasteiger partial charge in [0.25, 0.3) is 0 Å². The summed E-state index contributed by atoms with van der Waals surface area (Å²) in [6.45, 7) is 0.693. The maximum Gasteiger partial charge on any atom is 0.226 e. The number of amides is 1. The molecule has 4 atom stereocenters. The lowest BCUT2D eigenvalue weighted by Gasteiger charge is -2.18. The number of nitrogens with zero attached hydrogens (tertiary/aromatic N) is 1. The van der Waals surface area contributed by atoms with Crippen LogP contribution >= 0.6 is 0 Å². The predicted molar refractivity (Wildman–Crippen MR) is 108 cm³/mol. The zero-order valence-electron chi connectivity index (χ0n) is 16.6. The zero-order valence-corrected chi connectivity index (χ0v) is 16.6. The fourth-order valence-electron chi connectivity index (χ4n) is 4.28. The molecule has 0 radical (unpaired) electrons. The number of hydrazine groups is 1. The third kappa shape index (κ3) is 4.65. The van der Waals surface area contributed by atoms with Gasteiger partial charge in [0.2, 0.25) is 5.91 Å². The first kappa shape index (κ1) is 20.0. The fraction of sp³-hybridized carbons (Fsp3) is 0.435. The first-order valence-electron chi connectivity index (χ1n) is 10.3. The van der Waals surface area contributed by atoms with Gasteiger partial charge in [0, 0.05) is 31.6 Å². The number of carbonyl (C=O) groups is 1. The van der Waals surface area contributed by atoms with Crippen LogP contribution in [0.5, 0.6) is 0 Å². The molecule has 0 bridgehead atoms. The Kier molecular flexibility index (Phi) is 5.92. The van der Waals surface area contributed by atoms with E-state index in [0.29, 0.717) is 18.2 Å². The molecule has 2 aromatic carbocycles. The van der Waals surface area contributed by atoms with Crippen molar-refractivity contribution in [1.29, 1.82) is 0 Å². The highest BCUT2D eigenvalue weighted by Gasteiger charge is 2.46. The number of hydrogen-bond donors (Lipinski definition) is 2. The van der Waals surface area contributed by atoms with Crippen LogP contribution in [0.15, 0.2) is 48.5 Å². The maximum absolute atomic E-state index is 13.9. The monoisotopic (exact) mass is 399 g/mol. The summed E-state index contributed by atoms with van der Waals surface area (Å²) < 4.78 is 27.0. The second kappa shape index (κ2) is 8.59. The van der Waals surface area contributed by atoms with Crippen molar-refractivity contribution in [2.45, 2.75) is 43.7 Å². The number of benzene rings is 2. The van der Waals surface area contributed by atoms with E-state index in [-0.39, 0.29) is 35.4 Å². The highest BCUT2D eigenvalue weighted by Crippen LogP contribution is 2.49. The molecule has 1 saturated heterocycles. The number of hydrogen-bond acceptors (Lipinski definition) is 3. The Morgan fingerprint density at radius 3 is 2.59 bits per heavy atom. The molecule has 2 aromatic rings. The lowest BCUT2D eigenvalue weighted by Crippen LogP contribution is -2.33. The van der Waals surface area contributed by atoms with Crippen molar-refractivity contribution in [2.24, 2.45) is 5.92 Å². The number of halogens is 2. The first-order chi connectivity index (χ1) is 14.0. The molecule has 154 valence electrons. The highest BCUT2D eigenvalue weighted by atomic mass is 19.1. The smallest absolute Gasteiger partial charge is 0.226 e. The molecule has 2 fully saturated rings. The van der Waals surface area contributed by atoms with Crippen LogP contribution in [-0.4, -0.2) is 30.4 Å². The van der Waals surface area contributed by atoms with Crippen molar-refractivity contribution >= 4 is 5.91 Å². The molecule has 4 nitrogen and oxygen atoms in total. The van der Waals surface area contributed by atoms with Crippen LogP contribution in [0.25, 0.3) is 0 Å². The summed E-state index contributed by atoms with van der Waals surface area (Å²) in [5.74, 6) is -0.405. The standard InChI is InChI=1S/C23H27F2N3O/c1-28(23(29)20-14-19(20)18-6-2-3-7-21(18)25)12-4-5-17-13-22(27-26-17)15-8-10-16(24)11-9-15/h2-3,6-11,17,19-20,22,26-27H,4-5,12-14H2,1H3. The van der Waals surface area contributed by atoms with Gasteiger partial charge in [0.1, 0.15) is 11.6 Å². The molecule has 29 heavy (non-hydrogen) atoms. The molecule has 0 spiro atoms. The quantitative estimate of drug-likeness (QED) is 0.742. The summed E-state index contributed by atoms with van der Waals surface area (Å²) in [6, 6.07) is 13.8. The van der Waals surface area contributed by atoms with Crippen molar-refractivity contribution in [3.8, 4) is 0 Å². The average molecular weight is 399 g/mol. The molecule has 1 amide bonds. The SMILES string of the molecule is CN(CCCC1CC(c2ccc(F)cc2)NN1)C(=O)C1CC1c1ccccc1F. The van der Waals surface area contributed by atoms with Crippen LogP contribution in [0.3, 0.4) is 0 Å². The maximum atomic E-state index is 13.9. The van der Waals surface area contributed by atoms with Crippen molar-refractivity contribution < 1.29 is 13.6 Å². The van der Waals surface area contributed by atoms with Crippen LogP contribution in [-0.2, 0) is 4.79 Å². The summed E-state index contributed by atoms with van der Waals surface area (Å²) in [6.07, 6.45) is 3.51. The highest BCUT2D eigenvalue weighted by molar-refractivity contribution is 5.82. The van der Waals surface area contributed by atoms with E-state index in [1.54, 1.807) is 17.0 Å². The second-order valence-electron chi connectivity index (χ2n) is 8.20. The van der Waals surface area contributed by atoms with E-state index < -0.39 is 0 Å². The van der Waals surface area contributed by atoms with Crippen molar-refractivity contribution in [3.63, 3.8) is 0 Å². The molecule has 1 aliphatic heterocycles. The lowest BCUT2D eigenvalue weighted by molar-refractivity contribution is -0.131. The molecular formula is C23H27F2N3O. The van der Waals surface area contributed by atoms with Gasteiger partial charge in [-0.2, -0.15) is 0 Å². The Labute approximate surface area is 170 Å². The van der Waals surface area contributed by atoms with E-state index in [9.17, 15) is 13.6 Å². The summed E-state index contributed by atoms with van der Waals surface area (Å²) in [5.41, 5.74) is 8.31. The molecule has 1 heterocycles. The van der Waals surface area contributed by atoms with Gasteiger partial charge in [0.15, 0.2) is 0 Å². The third-order valence-corrected chi connectivity index (χ3v) is 6.09. The van der Waals surface area contributed by atoms with Gasteiger partial charge in [0.05, 0.1) is 0 Å². The van der Waals surface area contributed by atoms with E-state index in [1.165, 1.54) is 18.2 Å². The lowest BCUT2D eigenvalue weighted by atomic mass is 9.99. The van der Waals surface area contributed by atoms with Crippen LogP contribution in [0.1, 0.15) is 48.8 Å². The average Bonchev–Trinajstić information content (AvgIpc) is 3.37. The second-order valence-corrected chi connectivity index (χ2v) is 8.20. The molecule has 4 rings (SSSR count). The normalized spacial score (nSPS) is 25.8. The summed E-state index contributed by atoms with van der Waals surface area (Å²) in [4.78, 5) is 14.4. The fourth-order valence-corrected chi connectivity index (χ4v) is 4.28. The molecule has 6 heteroatoms. The van der Waals surface area contributed by atoms with Gasteiger partial charge in [-0.15, -0.1) is 0 Å². The van der Waals surface area contributed by atoms with Crippen molar-refractivity contribution in [3.05, 3.63) is 71.3 Å². The Morgan fingerprint density at radius 2 is 1.83 bits per heavy atom. The summed E-state index contributed by atoms with van der Waals surface area (Å²) in [7, 11) is 1.83. The van der Waals surface area contributed by atoms with E-state index in [4.69, 9.17) is 0 Å². The van der Waals surface area contributed by atoms with Gasteiger partial charge >= 0.3 is 0 Å². The van der Waals surface area contributed by atoms with E-state index in [0.717, 1.165) is 31.2 Å². The minimum absolute atomic E-state index is 0.0170. The zero-order chi connectivity index (χ0) is 20.4. The Hall–Kier alpha value is -2.31. The first-order valence-corrected chi connectivity index (χ1v) is 10.3. The molecule has 2 aliphatic rings. The van der Waals surface area contributed by atoms with Gasteiger partial charge in [-0.3, -0.25) is 15.6 Å². The minimum Gasteiger partial charge on any atom is -0.346 e. The topological polar surface area (TPSA) is 44.4 Å². The van der Waals surface area contributed by atoms with Crippen LogP contribution in [0.2, 0.25) is 0 Å². The molecule has 4 unspecified atom stereocenters. The molecular weight excluding hydrogens is 372 g/mol. The largest absolute Gasteiger partial charge is 0.346 e. The Balaban J connectivity index is 1.20. The Morgan fingerprint density at radius 1 is 1.07 bits per heavy atom. The van der Waals surface area contributed by atoms with Crippen molar-refractivity contribution in [1.82, 2.24) is 15.8 Å². The molecule has 1 saturated carbocycles. The number of carbonyl (C=O) groups excluding carboxylic acids is 1. The van der Waals surface area contributed by atoms with E-state index >= 15 is 0 Å². The molecule has 2 N–H and O–H groups in total. The van der Waals surface area contributed by atoms with Gasteiger partial charge in [-0.1, -0.05) is 30.3 Å². The molecule has 1 aliphatic carbocycles. The van der Waals surface area contributed by atoms with Gasteiger partial charge in [-0.25, -0.2) is 8.78 Å². The summed E-state index contributed by atoms with van der Waals surface area (Å²) >= 11 is 0.